The molecule has 0 bridgehead atoms. The van der Waals surface area contributed by atoms with Crippen LogP contribution in [0.3, 0.4) is 0 Å². The Labute approximate surface area is 135 Å². The van der Waals surface area contributed by atoms with E-state index in [2.05, 4.69) is 29.5 Å². The van der Waals surface area contributed by atoms with E-state index in [1.165, 1.54) is 25.7 Å². The summed E-state index contributed by atoms with van der Waals surface area (Å²) < 4.78 is 0. The van der Waals surface area contributed by atoms with Gasteiger partial charge in [0.25, 0.3) is 0 Å². The Bertz CT molecular complexity index is 282. The molecule has 2 aliphatic rings. The first-order valence-electron chi connectivity index (χ1n) is 7.39. The highest BCUT2D eigenvalue weighted by atomic mass is 35.5. The van der Waals surface area contributed by atoms with E-state index >= 15 is 0 Å². The summed E-state index contributed by atoms with van der Waals surface area (Å²) in [4.78, 5) is 14.1. The first kappa shape index (κ1) is 20.0. The normalized spacial score (nSPS) is 22.9. The number of hydrogen-bond donors (Lipinski definition) is 2. The fourth-order valence-corrected chi connectivity index (χ4v) is 2.64. The average Bonchev–Trinajstić information content (AvgIpc) is 3.09. The molecule has 2 atom stereocenters. The largest absolute Gasteiger partial charge is 0.355 e. The van der Waals surface area contributed by atoms with Crippen LogP contribution in [-0.4, -0.2) is 49.1 Å². The Morgan fingerprint density at radius 3 is 2.60 bits per heavy atom. The maximum atomic E-state index is 11.8. The third-order valence-electron chi connectivity index (χ3n) is 4.29. The molecule has 0 aromatic rings. The highest BCUT2D eigenvalue weighted by molar-refractivity contribution is 5.85. The molecule has 0 spiro atoms. The average molecular weight is 326 g/mol. The molecule has 1 aliphatic carbocycles. The molecule has 4 nitrogen and oxygen atoms in total. The van der Waals surface area contributed by atoms with E-state index in [0.717, 1.165) is 25.6 Å². The van der Waals surface area contributed by atoms with E-state index in [1.807, 2.05) is 0 Å². The van der Waals surface area contributed by atoms with Crippen LogP contribution in [0.1, 0.15) is 45.4 Å². The van der Waals surface area contributed by atoms with Gasteiger partial charge in [-0.2, -0.15) is 0 Å². The molecule has 2 rings (SSSR count). The summed E-state index contributed by atoms with van der Waals surface area (Å²) in [5.41, 5.74) is 0. The van der Waals surface area contributed by atoms with Gasteiger partial charge in [-0.1, -0.05) is 0 Å². The minimum absolute atomic E-state index is 0. The van der Waals surface area contributed by atoms with Crippen LogP contribution >= 0.6 is 24.8 Å². The van der Waals surface area contributed by atoms with Crippen LogP contribution in [0.15, 0.2) is 0 Å². The lowest BCUT2D eigenvalue weighted by atomic mass is 10.1. The van der Waals surface area contributed by atoms with Gasteiger partial charge in [0.05, 0.1) is 0 Å². The van der Waals surface area contributed by atoms with Crippen LogP contribution in [-0.2, 0) is 4.79 Å². The number of amides is 1. The maximum absolute atomic E-state index is 11.8. The van der Waals surface area contributed by atoms with Crippen LogP contribution in [0.2, 0.25) is 0 Å². The van der Waals surface area contributed by atoms with Gasteiger partial charge in [0, 0.05) is 31.1 Å². The van der Waals surface area contributed by atoms with Crippen LogP contribution in [0.4, 0.5) is 0 Å². The Morgan fingerprint density at radius 1 is 1.35 bits per heavy atom. The van der Waals surface area contributed by atoms with Gasteiger partial charge in [-0.05, 0) is 52.6 Å². The topological polar surface area (TPSA) is 44.4 Å². The van der Waals surface area contributed by atoms with Gasteiger partial charge >= 0.3 is 0 Å². The molecule has 120 valence electrons. The highest BCUT2D eigenvalue weighted by Gasteiger charge is 2.29. The van der Waals surface area contributed by atoms with Crippen LogP contribution in [0, 0.1) is 0 Å². The first-order chi connectivity index (χ1) is 8.66. The summed E-state index contributed by atoms with van der Waals surface area (Å²) in [6, 6.07) is 1.79. The second kappa shape index (κ2) is 9.82. The second-order valence-electron chi connectivity index (χ2n) is 5.88. The molecule has 20 heavy (non-hydrogen) atoms. The zero-order valence-electron chi connectivity index (χ0n) is 12.6. The molecule has 0 aromatic heterocycles. The van der Waals surface area contributed by atoms with Gasteiger partial charge in [0.15, 0.2) is 0 Å². The molecule has 1 saturated carbocycles. The predicted molar refractivity (Wildman–Crippen MR) is 88.0 cm³/mol. The Morgan fingerprint density at radius 2 is 2.05 bits per heavy atom. The third-order valence-corrected chi connectivity index (χ3v) is 4.29. The molecule has 2 fully saturated rings. The van der Waals surface area contributed by atoms with E-state index < -0.39 is 0 Å². The van der Waals surface area contributed by atoms with Crippen molar-refractivity contribution < 1.29 is 4.79 Å². The van der Waals surface area contributed by atoms with E-state index in [-0.39, 0.29) is 30.7 Å². The number of halogens is 2. The van der Waals surface area contributed by atoms with Crippen molar-refractivity contribution in [2.24, 2.45) is 0 Å². The SMILES string of the molecule is CC(CNC(=O)CCC1CCCN1)N(C)C1CC1.Cl.Cl. The smallest absolute Gasteiger partial charge is 0.220 e. The molecule has 2 unspecified atom stereocenters. The number of rotatable bonds is 7. The molecular formula is C14H29Cl2N3O. The van der Waals surface area contributed by atoms with Crippen molar-refractivity contribution in [2.45, 2.75) is 63.6 Å². The Hall–Kier alpha value is -0.0300. The molecule has 0 radical (unpaired) electrons. The van der Waals surface area contributed by atoms with E-state index in [4.69, 9.17) is 0 Å². The summed E-state index contributed by atoms with van der Waals surface area (Å²) in [6.45, 7) is 4.09. The van der Waals surface area contributed by atoms with Crippen LogP contribution in [0.25, 0.3) is 0 Å². The standard InChI is InChI=1S/C14H27N3O.2ClH/c1-11(17(2)13-6-7-13)10-16-14(18)8-5-12-4-3-9-15-12;;/h11-13,15H,3-10H2,1-2H3,(H,16,18);2*1H. The number of likely N-dealkylation sites (N-methyl/N-ethyl adjacent to an activating group) is 1. The fourth-order valence-electron chi connectivity index (χ4n) is 2.64. The van der Waals surface area contributed by atoms with Crippen molar-refractivity contribution in [3.63, 3.8) is 0 Å². The zero-order valence-corrected chi connectivity index (χ0v) is 14.2. The molecule has 1 aliphatic heterocycles. The number of carbonyl (C=O) groups is 1. The van der Waals surface area contributed by atoms with Gasteiger partial charge in [-0.25, -0.2) is 0 Å². The number of nitrogens with one attached hydrogen (secondary N) is 2. The van der Waals surface area contributed by atoms with Crippen molar-refractivity contribution in [3.05, 3.63) is 0 Å². The van der Waals surface area contributed by atoms with Crippen molar-refractivity contribution >= 4 is 30.7 Å². The second-order valence-corrected chi connectivity index (χ2v) is 5.88. The van der Waals surface area contributed by atoms with E-state index in [1.54, 1.807) is 0 Å². The summed E-state index contributed by atoms with van der Waals surface area (Å²) in [5.74, 6) is 0.208. The van der Waals surface area contributed by atoms with Crippen LogP contribution in [0.5, 0.6) is 0 Å². The molecular weight excluding hydrogens is 297 g/mol. The Kier molecular flexibility index (Phi) is 9.81. The minimum Gasteiger partial charge on any atom is -0.355 e. The summed E-state index contributed by atoms with van der Waals surface area (Å²) in [6.07, 6.45) is 6.78. The van der Waals surface area contributed by atoms with Gasteiger partial charge in [-0.3, -0.25) is 9.69 Å². The molecule has 2 N–H and O–H groups in total. The van der Waals surface area contributed by atoms with Crippen molar-refractivity contribution in [3.8, 4) is 0 Å². The molecule has 1 heterocycles. The predicted octanol–water partition coefficient (Wildman–Crippen LogP) is 1.96. The van der Waals surface area contributed by atoms with Crippen molar-refractivity contribution in [2.75, 3.05) is 20.1 Å². The first-order valence-corrected chi connectivity index (χ1v) is 7.39. The highest BCUT2D eigenvalue weighted by Crippen LogP contribution is 2.26. The summed E-state index contributed by atoms with van der Waals surface area (Å²) in [5, 5.41) is 6.49. The number of hydrogen-bond acceptors (Lipinski definition) is 3. The molecule has 6 heteroatoms. The zero-order chi connectivity index (χ0) is 13.0. The van der Waals surface area contributed by atoms with Gasteiger partial charge in [0.2, 0.25) is 5.91 Å². The van der Waals surface area contributed by atoms with E-state index in [0.29, 0.717) is 18.5 Å². The van der Waals surface area contributed by atoms with Crippen LogP contribution < -0.4 is 10.6 Å². The van der Waals surface area contributed by atoms with Crippen molar-refractivity contribution in [1.29, 1.82) is 0 Å². The number of nitrogens with zero attached hydrogens (tertiary/aromatic N) is 1. The van der Waals surface area contributed by atoms with E-state index in [9.17, 15) is 4.79 Å². The lowest BCUT2D eigenvalue weighted by Crippen LogP contribution is -2.41. The fraction of sp³-hybridized carbons (Fsp3) is 0.929. The number of carbonyl (C=O) groups excluding carboxylic acids is 1. The Balaban J connectivity index is 0.00000180. The summed E-state index contributed by atoms with van der Waals surface area (Å²) in [7, 11) is 2.16. The lowest BCUT2D eigenvalue weighted by Gasteiger charge is -2.24. The monoisotopic (exact) mass is 325 g/mol. The molecule has 0 aromatic carbocycles. The van der Waals surface area contributed by atoms with Gasteiger partial charge in [-0.15, -0.1) is 24.8 Å². The van der Waals surface area contributed by atoms with Gasteiger partial charge in [0.1, 0.15) is 0 Å². The summed E-state index contributed by atoms with van der Waals surface area (Å²) >= 11 is 0. The molecule has 1 amide bonds. The van der Waals surface area contributed by atoms with Crippen molar-refractivity contribution in [1.82, 2.24) is 15.5 Å². The van der Waals surface area contributed by atoms with Gasteiger partial charge < -0.3 is 10.6 Å². The lowest BCUT2D eigenvalue weighted by molar-refractivity contribution is -0.121. The maximum Gasteiger partial charge on any atom is 0.220 e. The third kappa shape index (κ3) is 6.61. The minimum atomic E-state index is 0. The quantitative estimate of drug-likeness (QED) is 0.752. The molecule has 1 saturated heterocycles.